The zero-order valence-corrected chi connectivity index (χ0v) is 8.80. The van der Waals surface area contributed by atoms with Crippen molar-refractivity contribution >= 4 is 0 Å². The molecule has 0 fully saturated rings. The van der Waals surface area contributed by atoms with Crippen LogP contribution in [0.2, 0.25) is 0 Å². The summed E-state index contributed by atoms with van der Waals surface area (Å²) in [5, 5.41) is 0. The van der Waals surface area contributed by atoms with E-state index in [4.69, 9.17) is 10.5 Å². The molecule has 0 saturated carbocycles. The van der Waals surface area contributed by atoms with E-state index in [9.17, 15) is 4.39 Å². The molecule has 0 radical (unpaired) electrons. The number of rotatable bonds is 2. The van der Waals surface area contributed by atoms with Gasteiger partial charge in [-0.1, -0.05) is 12.1 Å². The minimum Gasteiger partial charge on any atom is -0.485 e. The number of benzene rings is 1. The molecule has 78 valence electrons. The second-order valence-corrected chi connectivity index (χ2v) is 4.15. The Kier molecular flexibility index (Phi) is 3.11. The second-order valence-electron chi connectivity index (χ2n) is 4.15. The summed E-state index contributed by atoms with van der Waals surface area (Å²) >= 11 is 0. The molecular formula is C11H16FNO. The van der Waals surface area contributed by atoms with E-state index in [1.807, 2.05) is 20.8 Å². The summed E-state index contributed by atoms with van der Waals surface area (Å²) in [6, 6.07) is 4.78. The molecule has 0 aliphatic rings. The van der Waals surface area contributed by atoms with Crippen LogP contribution in [0.4, 0.5) is 4.39 Å². The Morgan fingerprint density at radius 3 is 2.50 bits per heavy atom. The Morgan fingerprint density at radius 2 is 2.00 bits per heavy atom. The molecule has 0 bridgehead atoms. The maximum Gasteiger partial charge on any atom is 0.165 e. The SMILES string of the molecule is CC(C)(C)Oc1c(F)cccc1CN. The minimum atomic E-state index is -0.411. The normalized spacial score (nSPS) is 11.5. The summed E-state index contributed by atoms with van der Waals surface area (Å²) in [5.41, 5.74) is 5.78. The summed E-state index contributed by atoms with van der Waals surface area (Å²) in [6.07, 6.45) is 0. The third-order valence-electron chi connectivity index (χ3n) is 1.68. The molecule has 0 aromatic heterocycles. The van der Waals surface area contributed by atoms with Gasteiger partial charge in [-0.2, -0.15) is 0 Å². The maximum absolute atomic E-state index is 13.4. The fourth-order valence-corrected chi connectivity index (χ4v) is 1.13. The van der Waals surface area contributed by atoms with Gasteiger partial charge in [-0.3, -0.25) is 0 Å². The molecule has 14 heavy (non-hydrogen) atoms. The molecule has 0 aliphatic heterocycles. The molecule has 1 rings (SSSR count). The molecule has 0 spiro atoms. The first kappa shape index (κ1) is 11.0. The molecule has 2 nitrogen and oxygen atoms in total. The molecule has 0 amide bonds. The van der Waals surface area contributed by atoms with Crippen molar-refractivity contribution in [3.05, 3.63) is 29.6 Å². The number of hydrogen-bond acceptors (Lipinski definition) is 2. The first-order valence-corrected chi connectivity index (χ1v) is 4.60. The Morgan fingerprint density at radius 1 is 1.36 bits per heavy atom. The molecule has 0 atom stereocenters. The standard InChI is InChI=1S/C11H16FNO/c1-11(2,3)14-10-8(7-13)5-4-6-9(10)12/h4-6H,7,13H2,1-3H3. The van der Waals surface area contributed by atoms with Crippen LogP contribution in [0.5, 0.6) is 5.75 Å². The first-order valence-electron chi connectivity index (χ1n) is 4.60. The fraction of sp³-hybridized carbons (Fsp3) is 0.455. The zero-order valence-electron chi connectivity index (χ0n) is 8.80. The van der Waals surface area contributed by atoms with E-state index in [2.05, 4.69) is 0 Å². The lowest BCUT2D eigenvalue weighted by Gasteiger charge is -2.23. The van der Waals surface area contributed by atoms with Crippen LogP contribution in [0.15, 0.2) is 18.2 Å². The zero-order chi connectivity index (χ0) is 10.8. The summed E-state index contributed by atoms with van der Waals surface area (Å²) in [6.45, 7) is 5.91. The number of halogens is 1. The lowest BCUT2D eigenvalue weighted by atomic mass is 10.1. The molecule has 1 aromatic rings. The van der Waals surface area contributed by atoms with Crippen molar-refractivity contribution in [3.63, 3.8) is 0 Å². The first-order chi connectivity index (χ1) is 6.44. The van der Waals surface area contributed by atoms with Crippen LogP contribution in [0.3, 0.4) is 0 Å². The Hall–Kier alpha value is -1.09. The van der Waals surface area contributed by atoms with Gasteiger partial charge in [0.05, 0.1) is 0 Å². The van der Waals surface area contributed by atoms with E-state index >= 15 is 0 Å². The highest BCUT2D eigenvalue weighted by molar-refractivity contribution is 5.35. The smallest absolute Gasteiger partial charge is 0.165 e. The van der Waals surface area contributed by atoms with Crippen molar-refractivity contribution in [2.24, 2.45) is 5.73 Å². The average molecular weight is 197 g/mol. The van der Waals surface area contributed by atoms with Gasteiger partial charge in [0.2, 0.25) is 0 Å². The molecule has 1 aromatic carbocycles. The van der Waals surface area contributed by atoms with Crippen molar-refractivity contribution < 1.29 is 9.13 Å². The van der Waals surface area contributed by atoms with Gasteiger partial charge < -0.3 is 10.5 Å². The van der Waals surface area contributed by atoms with Gasteiger partial charge in [0.1, 0.15) is 5.60 Å². The van der Waals surface area contributed by atoms with Crippen LogP contribution in [0.25, 0.3) is 0 Å². The molecule has 0 aliphatic carbocycles. The van der Waals surface area contributed by atoms with Gasteiger partial charge in [0, 0.05) is 12.1 Å². The number of para-hydroxylation sites is 1. The molecule has 0 saturated heterocycles. The van der Waals surface area contributed by atoms with E-state index in [1.165, 1.54) is 6.07 Å². The van der Waals surface area contributed by atoms with Gasteiger partial charge in [-0.05, 0) is 26.8 Å². The number of ether oxygens (including phenoxy) is 1. The van der Waals surface area contributed by atoms with Gasteiger partial charge >= 0.3 is 0 Å². The minimum absolute atomic E-state index is 0.266. The number of hydrogen-bond donors (Lipinski definition) is 1. The Labute approximate surface area is 83.9 Å². The predicted octanol–water partition coefficient (Wildman–Crippen LogP) is 2.46. The predicted molar refractivity (Wildman–Crippen MR) is 54.7 cm³/mol. The highest BCUT2D eigenvalue weighted by atomic mass is 19.1. The second kappa shape index (κ2) is 3.96. The van der Waals surface area contributed by atoms with Gasteiger partial charge in [-0.25, -0.2) is 4.39 Å². The van der Waals surface area contributed by atoms with E-state index < -0.39 is 5.60 Å². The van der Waals surface area contributed by atoms with Crippen LogP contribution in [0.1, 0.15) is 26.3 Å². The lowest BCUT2D eigenvalue weighted by Crippen LogP contribution is -2.24. The van der Waals surface area contributed by atoms with Crippen molar-refractivity contribution in [1.29, 1.82) is 0 Å². The largest absolute Gasteiger partial charge is 0.485 e. The monoisotopic (exact) mass is 197 g/mol. The van der Waals surface area contributed by atoms with Crippen molar-refractivity contribution in [2.75, 3.05) is 0 Å². The summed E-state index contributed by atoms with van der Waals surface area (Å²) in [7, 11) is 0. The van der Waals surface area contributed by atoms with Gasteiger partial charge in [-0.15, -0.1) is 0 Å². The quantitative estimate of drug-likeness (QED) is 0.790. The summed E-state index contributed by atoms with van der Waals surface area (Å²) in [5.74, 6) is -0.0922. The van der Waals surface area contributed by atoms with Crippen LogP contribution in [-0.2, 0) is 6.54 Å². The molecular weight excluding hydrogens is 181 g/mol. The molecule has 0 unspecified atom stereocenters. The van der Waals surface area contributed by atoms with E-state index in [0.717, 1.165) is 0 Å². The summed E-state index contributed by atoms with van der Waals surface area (Å²) in [4.78, 5) is 0. The van der Waals surface area contributed by atoms with Gasteiger partial charge in [0.15, 0.2) is 11.6 Å². The highest BCUT2D eigenvalue weighted by Crippen LogP contribution is 2.26. The van der Waals surface area contributed by atoms with Crippen molar-refractivity contribution in [3.8, 4) is 5.75 Å². The third kappa shape index (κ3) is 2.70. The summed E-state index contributed by atoms with van der Waals surface area (Å²) < 4.78 is 18.9. The molecule has 2 N–H and O–H groups in total. The van der Waals surface area contributed by atoms with E-state index in [0.29, 0.717) is 5.56 Å². The van der Waals surface area contributed by atoms with Crippen molar-refractivity contribution in [2.45, 2.75) is 32.9 Å². The molecule has 3 heteroatoms. The third-order valence-corrected chi connectivity index (χ3v) is 1.68. The van der Waals surface area contributed by atoms with Gasteiger partial charge in [0.25, 0.3) is 0 Å². The Balaban J connectivity index is 3.05. The van der Waals surface area contributed by atoms with E-state index in [1.54, 1.807) is 12.1 Å². The number of nitrogens with two attached hydrogens (primary N) is 1. The Bertz CT molecular complexity index is 318. The molecule has 0 heterocycles. The highest BCUT2D eigenvalue weighted by Gasteiger charge is 2.17. The lowest BCUT2D eigenvalue weighted by molar-refractivity contribution is 0.123. The average Bonchev–Trinajstić information content (AvgIpc) is 2.06. The van der Waals surface area contributed by atoms with Crippen LogP contribution < -0.4 is 10.5 Å². The van der Waals surface area contributed by atoms with Crippen LogP contribution in [0, 0.1) is 5.82 Å². The van der Waals surface area contributed by atoms with Crippen molar-refractivity contribution in [1.82, 2.24) is 0 Å². The fourth-order valence-electron chi connectivity index (χ4n) is 1.13. The van der Waals surface area contributed by atoms with Crippen LogP contribution >= 0.6 is 0 Å². The maximum atomic E-state index is 13.4. The van der Waals surface area contributed by atoms with E-state index in [-0.39, 0.29) is 18.1 Å². The van der Waals surface area contributed by atoms with Crippen LogP contribution in [-0.4, -0.2) is 5.60 Å². The topological polar surface area (TPSA) is 35.2 Å².